The molecule has 28 nitrogen and oxygen atoms in total. The Labute approximate surface area is 890 Å². The standard InChI is InChI=1S/C104H152O28Si16/c1-133(2,89-33-17-81(18-34-89)97-105-49-50-106-97)65-73-141-121-142(74-66-134(3,4)90-35-19-82(20-36-90)98-107-51-52-108-98)124-145(77-69-137(9,10)93-41-25-85(26-42-93)101-113-57-58-114-101)126-143(122-141,75-67-135(5,6)91-37-21-83(22-38-91)99-109-53-54-110-99)128-147(79-71-139(13,14)95-45-29-87(30-46-95)103-117-61-62-118-103)129-144(123-141,76-68-136(7,8)92-39-23-84(24-40-92)100-111-55-56-112-100)127-146(125-142,78-70-138(11,12)94-43-27-86(28-44-94)102-115-59-60-116-102)131-148(130-145,132-147)80-72-140(15,16)96-47-31-88(32-48-96)104-119-63-64-120-104/h17-48,97-104H,49-80H2,1-16H3. The third-order valence-electron chi connectivity index (χ3n) is 32.9. The van der Waals surface area contributed by atoms with E-state index in [0.29, 0.717) is 154 Å². The fourth-order valence-electron chi connectivity index (χ4n) is 22.6. The summed E-state index contributed by atoms with van der Waals surface area (Å²) in [5.74, 6) is 0. The van der Waals surface area contributed by atoms with E-state index in [-0.39, 0.29) is 48.4 Å². The van der Waals surface area contributed by atoms with E-state index in [4.69, 9.17) is 75.8 Å². The van der Waals surface area contributed by atoms with Crippen LogP contribution in [0.4, 0.5) is 0 Å². The molecule has 8 aromatic rings. The number of hydrogen-bond donors (Lipinski definition) is 0. The Morgan fingerprint density at radius 3 is 0.304 bits per heavy atom. The largest absolute Gasteiger partial charge is 0.478 e. The Hall–Kier alpha value is -3.89. The minimum Gasteiger partial charge on any atom is -0.373 e. The molecule has 8 aromatic carbocycles. The van der Waals surface area contributed by atoms with Gasteiger partial charge in [0, 0.05) is 92.9 Å². The van der Waals surface area contributed by atoms with Crippen molar-refractivity contribution in [3.05, 3.63) is 239 Å². The van der Waals surface area contributed by atoms with Gasteiger partial charge in [-0.1, -0.05) is 340 Å². The van der Waals surface area contributed by atoms with Crippen molar-refractivity contribution in [1.29, 1.82) is 0 Å². The highest BCUT2D eigenvalue weighted by molar-refractivity contribution is 7.07. The van der Waals surface area contributed by atoms with Crippen molar-refractivity contribution in [3.63, 3.8) is 0 Å². The van der Waals surface area contributed by atoms with Gasteiger partial charge in [0.15, 0.2) is 50.3 Å². The summed E-state index contributed by atoms with van der Waals surface area (Å²) >= 11 is 0. The average Bonchev–Trinajstić information content (AvgIpc) is 0.912. The van der Waals surface area contributed by atoms with Crippen LogP contribution in [0.25, 0.3) is 0 Å². The molecular formula is C104H152O28Si16. The minimum atomic E-state index is -4.88. The van der Waals surface area contributed by atoms with Crippen LogP contribution in [0.1, 0.15) is 94.8 Å². The fourth-order valence-corrected chi connectivity index (χ4v) is 109. The number of ether oxygens (including phenoxy) is 16. The second-order valence-corrected chi connectivity index (χ2v) is 111. The molecule has 8 bridgehead atoms. The lowest BCUT2D eigenvalue weighted by atomic mass is 10.2. The van der Waals surface area contributed by atoms with Crippen LogP contribution in [0.15, 0.2) is 194 Å². The van der Waals surface area contributed by atoms with Gasteiger partial charge in [0.05, 0.1) is 170 Å². The smallest absolute Gasteiger partial charge is 0.373 e. The van der Waals surface area contributed by atoms with Crippen molar-refractivity contribution in [2.24, 2.45) is 0 Å². The molecule has 0 radical (unpaired) electrons. The molecule has 0 amide bonds. The Morgan fingerprint density at radius 2 is 0.223 bits per heavy atom. The molecule has 14 aliphatic heterocycles. The van der Waals surface area contributed by atoms with Gasteiger partial charge in [0.2, 0.25) is 0 Å². The zero-order valence-electron chi connectivity index (χ0n) is 89.2. The molecule has 22 rings (SSSR count). The van der Waals surface area contributed by atoms with E-state index in [1.165, 1.54) is 41.5 Å². The molecule has 0 unspecified atom stereocenters. The van der Waals surface area contributed by atoms with E-state index >= 15 is 0 Å². The zero-order valence-corrected chi connectivity index (χ0v) is 105. The van der Waals surface area contributed by atoms with E-state index in [2.05, 4.69) is 299 Å². The molecule has 0 atom stereocenters. The second-order valence-electron chi connectivity index (χ2n) is 47.3. The van der Waals surface area contributed by atoms with Gasteiger partial charge < -0.3 is 125 Å². The van der Waals surface area contributed by atoms with Crippen LogP contribution in [-0.2, 0) is 125 Å². The third-order valence-corrected chi connectivity index (χ3v) is 101. The summed E-state index contributed by atoms with van der Waals surface area (Å²) in [4.78, 5) is 0. The van der Waals surface area contributed by atoms with Crippen LogP contribution < -0.4 is 41.5 Å². The monoisotopic (exact) mass is 2300 g/mol. The molecule has 14 heterocycles. The number of benzene rings is 8. The summed E-state index contributed by atoms with van der Waals surface area (Å²) in [7, 11) is -61.0. The molecule has 0 spiro atoms. The van der Waals surface area contributed by atoms with Crippen molar-refractivity contribution in [2.75, 3.05) is 106 Å². The Morgan fingerprint density at radius 1 is 0.142 bits per heavy atom. The number of hydrogen-bond acceptors (Lipinski definition) is 28. The summed E-state index contributed by atoms with van der Waals surface area (Å²) in [6, 6.07) is 78.8. The molecule has 0 aromatic heterocycles. The zero-order chi connectivity index (χ0) is 103. The van der Waals surface area contributed by atoms with E-state index in [1.54, 1.807) is 0 Å². The van der Waals surface area contributed by atoms with Gasteiger partial charge in [0.1, 0.15) is 0 Å². The first-order valence-electron chi connectivity index (χ1n) is 53.8. The average molecular weight is 2300 g/mol. The van der Waals surface area contributed by atoms with E-state index in [9.17, 15) is 49.4 Å². The molecule has 148 heavy (non-hydrogen) atoms. The van der Waals surface area contributed by atoms with Gasteiger partial charge in [-0.2, -0.15) is 0 Å². The van der Waals surface area contributed by atoms with Crippen LogP contribution in [0, 0.1) is 0 Å². The van der Waals surface area contributed by atoms with E-state index < -0.39 is 185 Å². The normalized spacial score (nSPS) is 28.3. The van der Waals surface area contributed by atoms with Crippen molar-refractivity contribution in [1.82, 2.24) is 0 Å². The summed E-state index contributed by atoms with van der Waals surface area (Å²) in [6.07, 6.45) is -3.64. The predicted octanol–water partition coefficient (Wildman–Crippen LogP) is 17.1. The molecule has 14 aliphatic rings. The van der Waals surface area contributed by atoms with Crippen LogP contribution >= 0.6 is 0 Å². The van der Waals surface area contributed by atoms with Crippen molar-refractivity contribution < 1.29 is 125 Å². The summed E-state index contributed by atoms with van der Waals surface area (Å²) in [5, 5.41) is 9.87. The molecule has 0 N–H and O–H groups in total. The van der Waals surface area contributed by atoms with Crippen molar-refractivity contribution >= 4 is 177 Å². The topological polar surface area (TPSA) is 258 Å². The van der Waals surface area contributed by atoms with Gasteiger partial charge in [-0.05, 0) is 48.4 Å². The Kier molecular flexibility index (Phi) is 32.6. The predicted molar refractivity (Wildman–Crippen MR) is 602 cm³/mol. The van der Waals surface area contributed by atoms with Gasteiger partial charge in [0.25, 0.3) is 0 Å². The minimum absolute atomic E-state index is 0.287. The fraction of sp³-hybridized carbons (Fsp3) is 0.538. The lowest BCUT2D eigenvalue weighted by Gasteiger charge is -2.64. The first-order valence-corrected chi connectivity index (χ1v) is 94.9. The summed E-state index contributed by atoms with van der Waals surface area (Å²) in [5.41, 5.74) is 7.78. The molecular weight excluding hydrogens is 2150 g/mol. The van der Waals surface area contributed by atoms with Gasteiger partial charge in [-0.3, -0.25) is 0 Å². The molecule has 0 saturated carbocycles. The first kappa shape index (κ1) is 110. The van der Waals surface area contributed by atoms with Gasteiger partial charge >= 0.3 is 70.4 Å². The third kappa shape index (κ3) is 24.5. The van der Waals surface area contributed by atoms with E-state index in [0.717, 1.165) is 44.5 Å². The Bertz CT molecular complexity index is 4670. The highest BCUT2D eigenvalue weighted by atomic mass is 28.6. The Balaban J connectivity index is 0.807. The van der Waals surface area contributed by atoms with Crippen LogP contribution in [0.2, 0.25) is 201 Å². The molecule has 14 saturated heterocycles. The van der Waals surface area contributed by atoms with Gasteiger partial charge in [-0.15, -0.1) is 0 Å². The lowest BCUT2D eigenvalue weighted by Crippen LogP contribution is -2.88. The molecule has 44 heteroatoms. The number of rotatable bonds is 40. The van der Waals surface area contributed by atoms with Crippen LogP contribution in [-0.4, -0.2) is 241 Å². The highest BCUT2D eigenvalue weighted by Crippen LogP contribution is 2.58. The molecule has 800 valence electrons. The van der Waals surface area contributed by atoms with Crippen molar-refractivity contribution in [3.8, 4) is 0 Å². The summed E-state index contributed by atoms with van der Waals surface area (Å²) in [6.45, 7) is 47.9. The quantitative estimate of drug-likeness (QED) is 0.0323. The van der Waals surface area contributed by atoms with Crippen LogP contribution in [0.3, 0.4) is 0 Å². The SMILES string of the molecule is C[Si](C)(CC[Si]12O[Si]3(CC[Si](C)(C)c4ccc(C5OCCO5)cc4)O[Si]4(CC[Si](C)(C)c5ccc(C6OCCO6)cc5)O[Si](CC[Si](C)(C)c5ccc(C6OCCO6)cc5)(O1)O[Si]1(CC[Si](C)(C)c5ccc(C6OCCO6)cc5)O[Si](CC[Si](C)(C)c5ccc(C6OCCO6)cc5)(O2)O[Si](CC[Si](C)(C)c2ccc(C5OCCO5)cc2)(O3)O[Si](CC[Si](C)(C)c2ccc(C3OCCO3)cc2)(O4)O1)c1ccc(C2OCCO2)cc1. The molecule has 14 fully saturated rings. The second kappa shape index (κ2) is 44.1. The van der Waals surface area contributed by atoms with Crippen molar-refractivity contribution in [2.45, 2.75) is 252 Å². The maximum Gasteiger partial charge on any atom is 0.478 e. The maximum absolute atomic E-state index is 9.33. The van der Waals surface area contributed by atoms with Crippen LogP contribution in [0.5, 0.6) is 0 Å². The van der Waals surface area contributed by atoms with E-state index in [1.807, 2.05) is 0 Å². The molecule has 0 aliphatic carbocycles. The highest BCUT2D eigenvalue weighted by Gasteiger charge is 2.84. The maximum atomic E-state index is 9.33. The first-order chi connectivity index (χ1) is 70.7. The lowest BCUT2D eigenvalue weighted by molar-refractivity contribution is -0.0443. The summed E-state index contributed by atoms with van der Waals surface area (Å²) < 4.78 is 211. The van der Waals surface area contributed by atoms with Gasteiger partial charge in [-0.25, -0.2) is 0 Å².